The van der Waals surface area contributed by atoms with Crippen LogP contribution in [0.3, 0.4) is 0 Å². The molecule has 2 rings (SSSR count). The van der Waals surface area contributed by atoms with E-state index in [1.54, 1.807) is 39.8 Å². The van der Waals surface area contributed by atoms with Gasteiger partial charge in [0, 0.05) is 12.8 Å². The third-order valence-electron chi connectivity index (χ3n) is 8.71. The zero-order valence-electron chi connectivity index (χ0n) is 32.5. The number of halogens is 1. The number of aromatic hydroxyl groups is 1. The van der Waals surface area contributed by atoms with Crippen molar-refractivity contribution < 1.29 is 53.0 Å². The van der Waals surface area contributed by atoms with E-state index >= 15 is 0 Å². The number of aliphatic carboxylic acids is 1. The van der Waals surface area contributed by atoms with Crippen LogP contribution < -0.4 is 43.4 Å². The van der Waals surface area contributed by atoms with Crippen molar-refractivity contribution in [1.29, 1.82) is 0 Å². The first-order chi connectivity index (χ1) is 26.7. The lowest BCUT2D eigenvalue weighted by Gasteiger charge is -2.29. The molecule has 0 bridgehead atoms. The molecule has 2 aromatic carbocycles. The molecule has 0 saturated heterocycles. The van der Waals surface area contributed by atoms with E-state index in [1.165, 1.54) is 37.3 Å². The van der Waals surface area contributed by atoms with Gasteiger partial charge in [0.1, 0.15) is 41.8 Å². The molecule has 0 aliphatic rings. The van der Waals surface area contributed by atoms with Gasteiger partial charge < -0.3 is 53.6 Å². The minimum atomic E-state index is -1.59. The second-order valence-corrected chi connectivity index (χ2v) is 14.2. The molecule has 0 aromatic heterocycles. The summed E-state index contributed by atoms with van der Waals surface area (Å²) in [6.07, 6.45) is -1.42. The van der Waals surface area contributed by atoms with Gasteiger partial charge in [-0.1, -0.05) is 58.0 Å². The van der Waals surface area contributed by atoms with E-state index in [1.807, 2.05) is 0 Å². The van der Waals surface area contributed by atoms with E-state index in [9.17, 15) is 53.0 Å². The Morgan fingerprint density at radius 3 is 1.77 bits per heavy atom. The van der Waals surface area contributed by atoms with Crippen molar-refractivity contribution in [3.63, 3.8) is 0 Å². The minimum absolute atomic E-state index is 0.00760. The van der Waals surface area contributed by atoms with Crippen LogP contribution >= 0.6 is 0 Å². The summed E-state index contributed by atoms with van der Waals surface area (Å²) in [5.74, 6) is -8.93. The molecule has 0 aliphatic carbocycles. The molecular formula is C38H53FN8O10. The van der Waals surface area contributed by atoms with Gasteiger partial charge in [0.25, 0.3) is 0 Å². The summed E-state index contributed by atoms with van der Waals surface area (Å²) < 4.78 is 14.8. The number of primary amides is 1. The third kappa shape index (κ3) is 15.9. The Labute approximate surface area is 329 Å². The lowest BCUT2D eigenvalue weighted by molar-refractivity contribution is -0.139. The zero-order valence-corrected chi connectivity index (χ0v) is 32.5. The van der Waals surface area contributed by atoms with Crippen molar-refractivity contribution in [2.75, 3.05) is 6.54 Å². The van der Waals surface area contributed by atoms with Gasteiger partial charge in [0.05, 0.1) is 12.6 Å². The SMILES string of the molecule is CC(C)[C@H](NC(=O)[C@H](CCC(=O)O)NC(=O)[C@H](Cc1ccccc1F)NC(=O)[C@@H](C)NC(=O)[C@@H](N)Cc1ccc(O)cc1)C(=O)N[C@H](C(=O)NCC(N)=O)C(C)C. The van der Waals surface area contributed by atoms with Crippen LogP contribution in [-0.4, -0.2) is 100 Å². The smallest absolute Gasteiger partial charge is 0.303 e. The third-order valence-corrected chi connectivity index (χ3v) is 8.71. The number of hydrogen-bond donors (Lipinski definition) is 10. The van der Waals surface area contributed by atoms with Crippen LogP contribution in [0, 0.1) is 17.7 Å². The first kappa shape index (κ1) is 47.0. The molecule has 0 radical (unpaired) electrons. The topological polar surface area (TPSA) is 301 Å². The average molecular weight is 801 g/mol. The van der Waals surface area contributed by atoms with Crippen molar-refractivity contribution in [2.24, 2.45) is 23.3 Å². The number of amides is 7. The van der Waals surface area contributed by atoms with Crippen LogP contribution in [0.2, 0.25) is 0 Å². The van der Waals surface area contributed by atoms with Gasteiger partial charge in [0.15, 0.2) is 0 Å². The Bertz CT molecular complexity index is 1760. The molecule has 6 atom stereocenters. The predicted octanol–water partition coefficient (Wildman–Crippen LogP) is -1.13. The first-order valence-electron chi connectivity index (χ1n) is 18.3. The average Bonchev–Trinajstić information content (AvgIpc) is 3.14. The van der Waals surface area contributed by atoms with Crippen LogP contribution in [0.15, 0.2) is 48.5 Å². The number of rotatable bonds is 22. The maximum Gasteiger partial charge on any atom is 0.303 e. The highest BCUT2D eigenvalue weighted by molar-refractivity contribution is 5.97. The number of carbonyl (C=O) groups excluding carboxylic acids is 7. The molecule has 18 nitrogen and oxygen atoms in total. The molecule has 0 fully saturated rings. The normalized spacial score (nSPS) is 14.2. The molecule has 0 unspecified atom stereocenters. The molecular weight excluding hydrogens is 747 g/mol. The van der Waals surface area contributed by atoms with Crippen LogP contribution in [0.25, 0.3) is 0 Å². The second-order valence-electron chi connectivity index (χ2n) is 14.2. The van der Waals surface area contributed by atoms with Crippen molar-refractivity contribution in [1.82, 2.24) is 31.9 Å². The number of benzene rings is 2. The van der Waals surface area contributed by atoms with Crippen LogP contribution in [-0.2, 0) is 51.2 Å². The second kappa shape index (κ2) is 22.4. The molecule has 312 valence electrons. The number of phenolic OH excluding ortho intramolecular Hbond substituents is 1. The number of carboxylic acids is 1. The molecule has 0 saturated carbocycles. The Morgan fingerprint density at radius 2 is 1.21 bits per heavy atom. The molecule has 19 heteroatoms. The predicted molar refractivity (Wildman–Crippen MR) is 204 cm³/mol. The zero-order chi connectivity index (χ0) is 43.0. The minimum Gasteiger partial charge on any atom is -0.508 e. The summed E-state index contributed by atoms with van der Waals surface area (Å²) in [7, 11) is 0. The van der Waals surface area contributed by atoms with Crippen molar-refractivity contribution >= 4 is 47.3 Å². The van der Waals surface area contributed by atoms with E-state index < -0.39 is 127 Å². The van der Waals surface area contributed by atoms with Crippen molar-refractivity contribution in [2.45, 2.75) is 96.6 Å². The Kier molecular flexibility index (Phi) is 18.5. The van der Waals surface area contributed by atoms with Crippen molar-refractivity contribution in [3.8, 4) is 5.75 Å². The van der Waals surface area contributed by atoms with Crippen LogP contribution in [0.1, 0.15) is 58.6 Å². The van der Waals surface area contributed by atoms with Gasteiger partial charge in [0.2, 0.25) is 41.4 Å². The summed E-state index contributed by atoms with van der Waals surface area (Å²) in [6, 6.07) is 3.48. The summed E-state index contributed by atoms with van der Waals surface area (Å²) in [5.41, 5.74) is 11.8. The summed E-state index contributed by atoms with van der Waals surface area (Å²) >= 11 is 0. The van der Waals surface area contributed by atoms with Gasteiger partial charge in [-0.2, -0.15) is 0 Å². The number of nitrogens with two attached hydrogens (primary N) is 2. The summed E-state index contributed by atoms with van der Waals surface area (Å²) in [4.78, 5) is 103. The van der Waals surface area contributed by atoms with Crippen LogP contribution in [0.5, 0.6) is 5.75 Å². The van der Waals surface area contributed by atoms with Crippen molar-refractivity contribution in [3.05, 3.63) is 65.5 Å². The maximum atomic E-state index is 14.8. The van der Waals surface area contributed by atoms with Gasteiger partial charge in [-0.25, -0.2) is 4.39 Å². The molecule has 0 aliphatic heterocycles. The van der Waals surface area contributed by atoms with E-state index in [0.717, 1.165) is 6.07 Å². The quantitative estimate of drug-likeness (QED) is 0.0679. The van der Waals surface area contributed by atoms with E-state index in [-0.39, 0.29) is 17.7 Å². The molecule has 2 aromatic rings. The molecule has 57 heavy (non-hydrogen) atoms. The summed E-state index contributed by atoms with van der Waals surface area (Å²) in [6.45, 7) is 7.30. The van der Waals surface area contributed by atoms with E-state index in [0.29, 0.717) is 5.56 Å². The lowest BCUT2D eigenvalue weighted by atomic mass is 9.98. The Balaban J connectivity index is 2.30. The maximum absolute atomic E-state index is 14.8. The molecule has 0 heterocycles. The number of phenols is 1. The highest BCUT2D eigenvalue weighted by Crippen LogP contribution is 2.13. The van der Waals surface area contributed by atoms with E-state index in [2.05, 4.69) is 31.9 Å². The van der Waals surface area contributed by atoms with Gasteiger partial charge in [-0.15, -0.1) is 0 Å². The largest absolute Gasteiger partial charge is 0.508 e. The number of hydrogen-bond acceptors (Lipinski definition) is 10. The molecule has 7 amide bonds. The fraction of sp³-hybridized carbons (Fsp3) is 0.474. The first-order valence-corrected chi connectivity index (χ1v) is 18.3. The molecule has 0 spiro atoms. The van der Waals surface area contributed by atoms with Gasteiger partial charge in [-0.3, -0.25) is 38.4 Å². The van der Waals surface area contributed by atoms with E-state index in [4.69, 9.17) is 11.5 Å². The lowest BCUT2D eigenvalue weighted by Crippen LogP contribution is -2.61. The van der Waals surface area contributed by atoms with Crippen LogP contribution in [0.4, 0.5) is 4.39 Å². The fourth-order valence-corrected chi connectivity index (χ4v) is 5.41. The highest BCUT2D eigenvalue weighted by Gasteiger charge is 2.34. The Hall–Kier alpha value is -6.11. The van der Waals surface area contributed by atoms with Gasteiger partial charge in [-0.05, 0) is 60.9 Å². The highest BCUT2D eigenvalue weighted by atomic mass is 19.1. The number of carbonyl (C=O) groups is 8. The fourth-order valence-electron chi connectivity index (χ4n) is 5.41. The van der Waals surface area contributed by atoms with Gasteiger partial charge >= 0.3 is 5.97 Å². The molecule has 12 N–H and O–H groups in total. The summed E-state index contributed by atoms with van der Waals surface area (Å²) in [5, 5.41) is 33.6. The standard InChI is InChI=1S/C38H53FN8O10/c1-19(2)31(37(56)42-18-29(41)49)47-38(57)32(20(3)4)46-35(54)27(14-15-30(50)51)44-36(55)28(17-23-8-6-7-9-25(23)39)45-33(52)21(5)43-34(53)26(40)16-22-10-12-24(48)13-11-22/h6-13,19-21,26-28,31-32,48H,14-18,40H2,1-5H3,(H2,41,49)(H,42,56)(H,43,53)(H,44,55)(H,45,52)(H,46,54)(H,47,57)(H,50,51)/t21-,26+,27+,28+,31+,32+/m1/s1. The Morgan fingerprint density at radius 1 is 0.667 bits per heavy atom. The number of carboxylic acid groups (broad SMARTS) is 1. The number of nitrogens with one attached hydrogen (secondary N) is 6. The monoisotopic (exact) mass is 800 g/mol.